The van der Waals surface area contributed by atoms with Crippen molar-refractivity contribution >= 4 is 18.0 Å². The highest BCUT2D eigenvalue weighted by atomic mass is 16.6. The number of piperidine rings is 1. The molecule has 9 heteroatoms. The van der Waals surface area contributed by atoms with Gasteiger partial charge in [-0.05, 0) is 52.2 Å². The number of hydrogen-bond acceptors (Lipinski definition) is 7. The number of pyridine rings is 1. The molecule has 0 radical (unpaired) electrons. The molecule has 2 bridgehead atoms. The Balaban J connectivity index is 1.26. The second-order valence-corrected chi connectivity index (χ2v) is 9.87. The van der Waals surface area contributed by atoms with Gasteiger partial charge in [0.1, 0.15) is 23.6 Å². The van der Waals surface area contributed by atoms with E-state index in [-0.39, 0.29) is 36.4 Å². The zero-order valence-corrected chi connectivity index (χ0v) is 18.9. The molecule has 4 rings (SSSR count). The summed E-state index contributed by atoms with van der Waals surface area (Å²) in [4.78, 5) is 33.2. The zero-order chi connectivity index (χ0) is 22.9. The number of likely N-dealkylation sites (tertiary alicyclic amines) is 1. The Hall–Kier alpha value is -3.02. The van der Waals surface area contributed by atoms with Crippen LogP contribution in [0.1, 0.15) is 58.4 Å². The number of anilines is 1. The van der Waals surface area contributed by atoms with Crippen molar-refractivity contribution < 1.29 is 19.1 Å². The van der Waals surface area contributed by atoms with Crippen molar-refractivity contribution in [3.05, 3.63) is 23.9 Å². The first-order valence-electron chi connectivity index (χ1n) is 11.3. The molecule has 32 heavy (non-hydrogen) atoms. The van der Waals surface area contributed by atoms with E-state index >= 15 is 0 Å². The summed E-state index contributed by atoms with van der Waals surface area (Å²) in [5.41, 5.74) is -0.00756. The van der Waals surface area contributed by atoms with Crippen LogP contribution in [-0.4, -0.2) is 69.9 Å². The molecule has 1 aromatic heterocycles. The lowest BCUT2D eigenvalue weighted by Crippen LogP contribution is -2.51. The number of fused-ring (bicyclic) bond motifs is 2. The van der Waals surface area contributed by atoms with E-state index in [0.717, 1.165) is 19.3 Å². The molecule has 4 atom stereocenters. The van der Waals surface area contributed by atoms with Gasteiger partial charge in [0.05, 0.1) is 5.56 Å². The standard InChI is InChI=1S/C23H31N5O4/c1-23(2,3)32-22(30)28-17-5-6-18(28)11-19(10-17)31-21(29)27-9-8-16(14-27)26-20-7-4-15(12-24)13-25-20/h4,7,13,16-19H,5-6,8-11,14H2,1-3H3,(H,25,26)/t16-,17-,18?,19?/m1/s1. The maximum Gasteiger partial charge on any atom is 0.410 e. The summed E-state index contributed by atoms with van der Waals surface area (Å²) in [5.74, 6) is 0.690. The summed E-state index contributed by atoms with van der Waals surface area (Å²) >= 11 is 0. The van der Waals surface area contributed by atoms with Gasteiger partial charge in [0.15, 0.2) is 0 Å². The summed E-state index contributed by atoms with van der Waals surface area (Å²) in [5, 5.41) is 12.2. The highest BCUT2D eigenvalue weighted by Crippen LogP contribution is 2.38. The summed E-state index contributed by atoms with van der Waals surface area (Å²) in [6, 6.07) is 5.76. The van der Waals surface area contributed by atoms with E-state index in [1.165, 1.54) is 6.20 Å². The summed E-state index contributed by atoms with van der Waals surface area (Å²) < 4.78 is 11.4. The number of nitrogens with zero attached hydrogens (tertiary/aromatic N) is 4. The van der Waals surface area contributed by atoms with E-state index in [2.05, 4.69) is 10.3 Å². The fourth-order valence-corrected chi connectivity index (χ4v) is 4.85. The Bertz CT molecular complexity index is 877. The van der Waals surface area contributed by atoms with Crippen LogP contribution >= 0.6 is 0 Å². The number of nitrogens with one attached hydrogen (secondary N) is 1. The average molecular weight is 442 g/mol. The lowest BCUT2D eigenvalue weighted by molar-refractivity contribution is -0.0193. The minimum absolute atomic E-state index is 0.0665. The first-order valence-corrected chi connectivity index (χ1v) is 11.3. The largest absolute Gasteiger partial charge is 0.446 e. The zero-order valence-electron chi connectivity index (χ0n) is 18.9. The van der Waals surface area contributed by atoms with Gasteiger partial charge in [-0.15, -0.1) is 0 Å². The number of hydrogen-bond donors (Lipinski definition) is 1. The molecular weight excluding hydrogens is 410 g/mol. The van der Waals surface area contributed by atoms with Gasteiger partial charge in [0.2, 0.25) is 0 Å². The SMILES string of the molecule is CC(C)(C)OC(=O)N1C2CC[C@@H]1CC(OC(=O)N1CC[C@@H](Nc3ccc(C#N)cn3)C1)C2. The number of carbonyl (C=O) groups is 2. The van der Waals surface area contributed by atoms with Crippen LogP contribution in [0.2, 0.25) is 0 Å². The van der Waals surface area contributed by atoms with Crippen LogP contribution in [0.15, 0.2) is 18.3 Å². The number of nitriles is 1. The molecule has 9 nitrogen and oxygen atoms in total. The molecule has 0 aliphatic carbocycles. The quantitative estimate of drug-likeness (QED) is 0.765. The van der Waals surface area contributed by atoms with Gasteiger partial charge in [0, 0.05) is 50.3 Å². The predicted molar refractivity (Wildman–Crippen MR) is 117 cm³/mol. The van der Waals surface area contributed by atoms with E-state index in [0.29, 0.717) is 37.3 Å². The van der Waals surface area contributed by atoms with Gasteiger partial charge in [-0.1, -0.05) is 0 Å². The summed E-state index contributed by atoms with van der Waals surface area (Å²) in [6.45, 7) is 6.78. The molecule has 1 aromatic rings. The van der Waals surface area contributed by atoms with Crippen molar-refractivity contribution in [1.29, 1.82) is 5.26 Å². The molecule has 4 heterocycles. The molecular formula is C23H31N5O4. The highest BCUT2D eigenvalue weighted by Gasteiger charge is 2.46. The maximum absolute atomic E-state index is 12.8. The van der Waals surface area contributed by atoms with Crippen LogP contribution in [0.4, 0.5) is 15.4 Å². The molecule has 3 saturated heterocycles. The van der Waals surface area contributed by atoms with Crippen LogP contribution in [-0.2, 0) is 9.47 Å². The minimum atomic E-state index is -0.520. The van der Waals surface area contributed by atoms with E-state index in [1.807, 2.05) is 31.7 Å². The van der Waals surface area contributed by atoms with Crippen molar-refractivity contribution in [2.75, 3.05) is 18.4 Å². The molecule has 3 fully saturated rings. The van der Waals surface area contributed by atoms with Gasteiger partial charge in [0.25, 0.3) is 0 Å². The van der Waals surface area contributed by atoms with E-state index in [4.69, 9.17) is 14.7 Å². The lowest BCUT2D eigenvalue weighted by atomic mass is 10.0. The van der Waals surface area contributed by atoms with Crippen LogP contribution in [0.3, 0.4) is 0 Å². The molecule has 3 aliphatic heterocycles. The van der Waals surface area contributed by atoms with E-state index in [1.54, 1.807) is 17.0 Å². The molecule has 0 saturated carbocycles. The predicted octanol–water partition coefficient (Wildman–Crippen LogP) is 3.51. The third-order valence-corrected chi connectivity index (χ3v) is 6.25. The van der Waals surface area contributed by atoms with Crippen LogP contribution < -0.4 is 5.32 Å². The Morgan fingerprint density at radius 2 is 1.88 bits per heavy atom. The molecule has 0 spiro atoms. The normalized spacial score (nSPS) is 27.1. The average Bonchev–Trinajstić information content (AvgIpc) is 3.30. The Kier molecular flexibility index (Phi) is 6.13. The molecule has 2 unspecified atom stereocenters. The van der Waals surface area contributed by atoms with Crippen LogP contribution in [0, 0.1) is 11.3 Å². The number of amides is 2. The number of rotatable bonds is 3. The third-order valence-electron chi connectivity index (χ3n) is 6.25. The Labute approximate surface area is 188 Å². The van der Waals surface area contributed by atoms with Gasteiger partial charge in [-0.2, -0.15) is 5.26 Å². The monoisotopic (exact) mass is 441 g/mol. The van der Waals surface area contributed by atoms with Crippen molar-refractivity contribution in [1.82, 2.24) is 14.8 Å². The second-order valence-electron chi connectivity index (χ2n) is 9.87. The fraction of sp³-hybridized carbons (Fsp3) is 0.652. The second kappa shape index (κ2) is 8.85. The first kappa shape index (κ1) is 22.2. The van der Waals surface area contributed by atoms with Crippen molar-refractivity contribution in [3.8, 4) is 6.07 Å². The van der Waals surface area contributed by atoms with Gasteiger partial charge < -0.3 is 24.6 Å². The highest BCUT2D eigenvalue weighted by molar-refractivity contribution is 5.70. The Morgan fingerprint density at radius 3 is 2.47 bits per heavy atom. The summed E-state index contributed by atoms with van der Waals surface area (Å²) in [6.07, 6.45) is 4.76. The van der Waals surface area contributed by atoms with Crippen molar-refractivity contribution in [2.24, 2.45) is 0 Å². The van der Waals surface area contributed by atoms with Crippen molar-refractivity contribution in [3.63, 3.8) is 0 Å². The van der Waals surface area contributed by atoms with E-state index < -0.39 is 5.60 Å². The molecule has 3 aliphatic rings. The van der Waals surface area contributed by atoms with Crippen LogP contribution in [0.5, 0.6) is 0 Å². The topological polar surface area (TPSA) is 108 Å². The third kappa shape index (κ3) is 5.06. The number of carbonyl (C=O) groups excluding carboxylic acids is 2. The van der Waals surface area contributed by atoms with Gasteiger partial charge in [-0.3, -0.25) is 0 Å². The first-order chi connectivity index (χ1) is 15.2. The smallest absolute Gasteiger partial charge is 0.410 e. The molecule has 172 valence electrons. The lowest BCUT2D eigenvalue weighted by Gasteiger charge is -2.39. The fourth-order valence-electron chi connectivity index (χ4n) is 4.85. The molecule has 2 amide bonds. The van der Waals surface area contributed by atoms with Gasteiger partial charge in [-0.25, -0.2) is 14.6 Å². The van der Waals surface area contributed by atoms with E-state index in [9.17, 15) is 9.59 Å². The van der Waals surface area contributed by atoms with Gasteiger partial charge >= 0.3 is 12.2 Å². The maximum atomic E-state index is 12.8. The summed E-state index contributed by atoms with van der Waals surface area (Å²) in [7, 11) is 0. The molecule has 1 N–H and O–H groups in total. The molecule has 0 aromatic carbocycles. The minimum Gasteiger partial charge on any atom is -0.446 e. The Morgan fingerprint density at radius 1 is 1.16 bits per heavy atom. The number of ether oxygens (including phenoxy) is 2. The van der Waals surface area contributed by atoms with Crippen molar-refractivity contribution in [2.45, 2.75) is 82.7 Å². The number of aromatic nitrogens is 1. The van der Waals surface area contributed by atoms with Crippen LogP contribution in [0.25, 0.3) is 0 Å².